The summed E-state index contributed by atoms with van der Waals surface area (Å²) in [6, 6.07) is 7.21. The smallest absolute Gasteiger partial charge is 0.305 e. The van der Waals surface area contributed by atoms with Crippen LogP contribution in [-0.2, 0) is 20.7 Å². The van der Waals surface area contributed by atoms with E-state index in [0.717, 1.165) is 11.3 Å². The third-order valence-corrected chi connectivity index (χ3v) is 3.76. The van der Waals surface area contributed by atoms with Crippen LogP contribution in [0.1, 0.15) is 18.4 Å². The van der Waals surface area contributed by atoms with Gasteiger partial charge in [-0.1, -0.05) is 18.2 Å². The van der Waals surface area contributed by atoms with E-state index in [9.17, 15) is 9.59 Å². The Bertz CT molecular complexity index is 531. The summed E-state index contributed by atoms with van der Waals surface area (Å²) in [6.07, 6.45) is 0.816. The molecule has 1 aromatic carbocycles. The number of nitrogens with zero attached hydrogens (tertiary/aromatic N) is 1. The maximum absolute atomic E-state index is 12.4. The van der Waals surface area contributed by atoms with Crippen LogP contribution in [0.15, 0.2) is 24.3 Å². The number of carbonyl (C=O) groups is 2. The predicted octanol–water partition coefficient (Wildman–Crippen LogP) is 1.33. The standard InChI is InChI=1S/C16H21NO5/c1-21-14-5-3-2-4-12(14)6-7-15(18)17-8-9-22-11-13(17)10-16(19)20/h2-5,13H,6-11H2,1H3,(H,19,20)/t13-/m1/s1. The van der Waals surface area contributed by atoms with E-state index in [-0.39, 0.29) is 25.0 Å². The van der Waals surface area contributed by atoms with E-state index in [2.05, 4.69) is 0 Å². The summed E-state index contributed by atoms with van der Waals surface area (Å²) in [5, 5.41) is 8.93. The number of rotatable bonds is 6. The van der Waals surface area contributed by atoms with Gasteiger partial charge in [-0.3, -0.25) is 9.59 Å². The third kappa shape index (κ3) is 4.21. The molecule has 1 saturated heterocycles. The van der Waals surface area contributed by atoms with Crippen molar-refractivity contribution in [2.45, 2.75) is 25.3 Å². The van der Waals surface area contributed by atoms with Gasteiger partial charge in [0.15, 0.2) is 0 Å². The van der Waals surface area contributed by atoms with Gasteiger partial charge in [0.1, 0.15) is 5.75 Å². The first-order valence-electron chi connectivity index (χ1n) is 7.32. The zero-order valence-electron chi connectivity index (χ0n) is 12.7. The molecule has 1 aromatic rings. The van der Waals surface area contributed by atoms with E-state index in [1.54, 1.807) is 12.0 Å². The molecule has 0 aromatic heterocycles. The summed E-state index contributed by atoms with van der Waals surface area (Å²) in [7, 11) is 1.60. The molecule has 1 amide bonds. The SMILES string of the molecule is COc1ccccc1CCC(=O)N1CCOC[C@H]1CC(=O)O. The fourth-order valence-corrected chi connectivity index (χ4v) is 2.65. The lowest BCUT2D eigenvalue weighted by molar-refractivity contribution is -0.146. The second-order valence-electron chi connectivity index (χ2n) is 5.23. The number of ether oxygens (including phenoxy) is 2. The van der Waals surface area contributed by atoms with Crippen LogP contribution in [0.25, 0.3) is 0 Å². The molecular formula is C16H21NO5. The average Bonchev–Trinajstić information content (AvgIpc) is 2.52. The number of amides is 1. The van der Waals surface area contributed by atoms with Crippen LogP contribution in [0, 0.1) is 0 Å². The maximum atomic E-state index is 12.4. The van der Waals surface area contributed by atoms with Gasteiger partial charge < -0.3 is 19.5 Å². The monoisotopic (exact) mass is 307 g/mol. The Balaban J connectivity index is 1.96. The summed E-state index contributed by atoms with van der Waals surface area (Å²) in [5.41, 5.74) is 0.974. The molecular weight excluding hydrogens is 286 g/mol. The highest BCUT2D eigenvalue weighted by molar-refractivity contribution is 5.78. The zero-order valence-corrected chi connectivity index (χ0v) is 12.7. The van der Waals surface area contributed by atoms with E-state index >= 15 is 0 Å². The number of aliphatic carboxylic acids is 1. The molecule has 0 unspecified atom stereocenters. The highest BCUT2D eigenvalue weighted by Crippen LogP contribution is 2.20. The Hall–Kier alpha value is -2.08. The lowest BCUT2D eigenvalue weighted by atomic mass is 10.1. The van der Waals surface area contributed by atoms with Crippen molar-refractivity contribution in [1.29, 1.82) is 0 Å². The first kappa shape index (κ1) is 16.3. The minimum Gasteiger partial charge on any atom is -0.496 e. The number of hydrogen-bond donors (Lipinski definition) is 1. The molecule has 0 aliphatic carbocycles. The van der Waals surface area contributed by atoms with Crippen molar-refractivity contribution in [2.75, 3.05) is 26.9 Å². The van der Waals surface area contributed by atoms with Crippen LogP contribution in [0.4, 0.5) is 0 Å². The fourth-order valence-electron chi connectivity index (χ4n) is 2.65. The largest absolute Gasteiger partial charge is 0.496 e. The van der Waals surface area contributed by atoms with Crippen LogP contribution >= 0.6 is 0 Å². The summed E-state index contributed by atoms with van der Waals surface area (Å²) in [4.78, 5) is 24.9. The van der Waals surface area contributed by atoms with Gasteiger partial charge in [0, 0.05) is 13.0 Å². The molecule has 22 heavy (non-hydrogen) atoms. The minimum atomic E-state index is -0.918. The lowest BCUT2D eigenvalue weighted by Gasteiger charge is -2.35. The summed E-state index contributed by atoms with van der Waals surface area (Å²) >= 11 is 0. The van der Waals surface area contributed by atoms with Gasteiger partial charge in [-0.2, -0.15) is 0 Å². The van der Waals surface area contributed by atoms with Crippen molar-refractivity contribution >= 4 is 11.9 Å². The number of benzene rings is 1. The molecule has 1 N–H and O–H groups in total. The van der Waals surface area contributed by atoms with Crippen molar-refractivity contribution < 1.29 is 24.2 Å². The average molecular weight is 307 g/mol. The summed E-state index contributed by atoms with van der Waals surface area (Å²) < 4.78 is 10.6. The maximum Gasteiger partial charge on any atom is 0.305 e. The van der Waals surface area contributed by atoms with Crippen molar-refractivity contribution in [3.63, 3.8) is 0 Å². The molecule has 1 fully saturated rings. The van der Waals surface area contributed by atoms with Gasteiger partial charge >= 0.3 is 5.97 Å². The molecule has 1 aliphatic rings. The summed E-state index contributed by atoms with van der Waals surface area (Å²) in [6.45, 7) is 1.19. The molecule has 1 heterocycles. The third-order valence-electron chi connectivity index (χ3n) is 3.76. The Morgan fingerprint density at radius 1 is 1.41 bits per heavy atom. The Morgan fingerprint density at radius 2 is 2.18 bits per heavy atom. The van der Waals surface area contributed by atoms with Crippen molar-refractivity contribution in [1.82, 2.24) is 4.90 Å². The highest BCUT2D eigenvalue weighted by atomic mass is 16.5. The van der Waals surface area contributed by atoms with E-state index in [0.29, 0.717) is 26.0 Å². The van der Waals surface area contributed by atoms with Gasteiger partial charge in [-0.25, -0.2) is 0 Å². The first-order chi connectivity index (χ1) is 10.6. The van der Waals surface area contributed by atoms with Crippen molar-refractivity contribution in [3.8, 4) is 5.75 Å². The number of carboxylic acids is 1. The fraction of sp³-hybridized carbons (Fsp3) is 0.500. The van der Waals surface area contributed by atoms with Crippen LogP contribution < -0.4 is 4.74 Å². The Kier molecular flexibility index (Phi) is 5.77. The van der Waals surface area contributed by atoms with E-state index < -0.39 is 5.97 Å². The topological polar surface area (TPSA) is 76.1 Å². The Labute approximate surface area is 129 Å². The summed E-state index contributed by atoms with van der Waals surface area (Å²) in [5.74, 6) is -0.196. The molecule has 120 valence electrons. The number of morpholine rings is 1. The minimum absolute atomic E-state index is 0.0412. The van der Waals surface area contributed by atoms with E-state index in [4.69, 9.17) is 14.6 Å². The van der Waals surface area contributed by atoms with Gasteiger partial charge in [0.2, 0.25) is 5.91 Å². The van der Waals surface area contributed by atoms with Crippen LogP contribution in [0.3, 0.4) is 0 Å². The number of methoxy groups -OCH3 is 1. The second-order valence-corrected chi connectivity index (χ2v) is 5.23. The van der Waals surface area contributed by atoms with Crippen molar-refractivity contribution in [2.24, 2.45) is 0 Å². The van der Waals surface area contributed by atoms with Crippen LogP contribution in [0.5, 0.6) is 5.75 Å². The molecule has 6 heteroatoms. The molecule has 2 rings (SSSR count). The molecule has 1 atom stereocenters. The van der Waals surface area contributed by atoms with Gasteiger partial charge in [-0.05, 0) is 18.1 Å². The molecule has 6 nitrogen and oxygen atoms in total. The van der Waals surface area contributed by atoms with Gasteiger partial charge in [0.05, 0.1) is 32.8 Å². The second kappa shape index (κ2) is 7.79. The number of hydrogen-bond acceptors (Lipinski definition) is 4. The first-order valence-corrected chi connectivity index (χ1v) is 7.32. The van der Waals surface area contributed by atoms with Crippen LogP contribution in [-0.4, -0.2) is 54.8 Å². The molecule has 0 radical (unpaired) electrons. The number of carbonyl (C=O) groups excluding carboxylic acids is 1. The van der Waals surface area contributed by atoms with E-state index in [1.165, 1.54) is 0 Å². The molecule has 0 bridgehead atoms. The van der Waals surface area contributed by atoms with Gasteiger partial charge in [-0.15, -0.1) is 0 Å². The molecule has 0 spiro atoms. The molecule has 0 saturated carbocycles. The lowest BCUT2D eigenvalue weighted by Crippen LogP contribution is -2.49. The van der Waals surface area contributed by atoms with E-state index in [1.807, 2.05) is 24.3 Å². The highest BCUT2D eigenvalue weighted by Gasteiger charge is 2.28. The van der Waals surface area contributed by atoms with Crippen molar-refractivity contribution in [3.05, 3.63) is 29.8 Å². The zero-order chi connectivity index (χ0) is 15.9. The van der Waals surface area contributed by atoms with Gasteiger partial charge in [0.25, 0.3) is 0 Å². The number of carboxylic acid groups (broad SMARTS) is 1. The Morgan fingerprint density at radius 3 is 2.91 bits per heavy atom. The molecule has 1 aliphatic heterocycles. The quantitative estimate of drug-likeness (QED) is 0.858. The number of aryl methyl sites for hydroxylation is 1. The normalized spacial score (nSPS) is 18.0. The number of para-hydroxylation sites is 1. The predicted molar refractivity (Wildman–Crippen MR) is 79.9 cm³/mol. The van der Waals surface area contributed by atoms with Crippen LogP contribution in [0.2, 0.25) is 0 Å².